The fourth-order valence-electron chi connectivity index (χ4n) is 2.06. The van der Waals surface area contributed by atoms with Gasteiger partial charge in [0, 0.05) is 18.9 Å². The van der Waals surface area contributed by atoms with Gasteiger partial charge in [0.2, 0.25) is 5.91 Å². The van der Waals surface area contributed by atoms with Crippen molar-refractivity contribution in [1.82, 2.24) is 14.9 Å². The molecule has 20 heavy (non-hydrogen) atoms. The molecule has 0 unspecified atom stereocenters. The largest absolute Gasteiger partial charge is 0.348 e. The van der Waals surface area contributed by atoms with E-state index in [0.717, 1.165) is 25.2 Å². The summed E-state index contributed by atoms with van der Waals surface area (Å²) in [7, 11) is 0. The molecule has 0 saturated heterocycles. The number of benzene rings is 1. The Morgan fingerprint density at radius 2 is 2.10 bits per heavy atom. The smallest absolute Gasteiger partial charge is 0.234 e. The number of nitrogens with two attached hydrogens (primary N) is 1. The fourth-order valence-corrected chi connectivity index (χ4v) is 2.06. The van der Waals surface area contributed by atoms with E-state index in [4.69, 9.17) is 5.73 Å². The highest BCUT2D eigenvalue weighted by molar-refractivity contribution is 5.77. The second kappa shape index (κ2) is 7.45. The minimum absolute atomic E-state index is 0.00865. The topological polar surface area (TPSA) is 72.9 Å². The molecule has 1 aromatic heterocycles. The van der Waals surface area contributed by atoms with Crippen molar-refractivity contribution in [3.8, 4) is 0 Å². The first-order valence-electron chi connectivity index (χ1n) is 6.80. The molecule has 0 aliphatic carbocycles. The van der Waals surface area contributed by atoms with E-state index in [1.54, 1.807) is 6.20 Å². The molecule has 2 rings (SSSR count). The third-order valence-corrected chi connectivity index (χ3v) is 3.14. The highest BCUT2D eigenvalue weighted by atomic mass is 16.1. The van der Waals surface area contributed by atoms with Crippen LogP contribution < -0.4 is 11.1 Å². The molecular formula is C15H20N4O. The Bertz CT molecular complexity index is 536. The summed E-state index contributed by atoms with van der Waals surface area (Å²) in [5.41, 5.74) is 6.59. The molecule has 0 aliphatic rings. The minimum atomic E-state index is -0.163. The first-order chi connectivity index (χ1) is 9.79. The minimum Gasteiger partial charge on any atom is -0.348 e. The number of imidazole rings is 1. The van der Waals surface area contributed by atoms with E-state index >= 15 is 0 Å². The summed E-state index contributed by atoms with van der Waals surface area (Å²) in [4.78, 5) is 15.4. The highest BCUT2D eigenvalue weighted by Gasteiger charge is 2.04. The summed E-state index contributed by atoms with van der Waals surface area (Å²) in [5, 5.41) is 2.74. The van der Waals surface area contributed by atoms with Gasteiger partial charge in [0.05, 0.1) is 13.1 Å². The van der Waals surface area contributed by atoms with Gasteiger partial charge in [-0.2, -0.15) is 0 Å². The Balaban J connectivity index is 1.81. The van der Waals surface area contributed by atoms with Gasteiger partial charge in [-0.15, -0.1) is 0 Å². The number of carbonyl (C=O) groups is 1. The van der Waals surface area contributed by atoms with E-state index in [2.05, 4.69) is 39.1 Å². The standard InChI is InChI=1S/C15H20N4O/c16-11-15(20)18-12-14-17-8-10-19(14)9-4-7-13-5-2-1-3-6-13/h1-3,5-6,8,10H,4,7,9,11-12,16H2,(H,18,20). The molecule has 5 nitrogen and oxygen atoms in total. The predicted molar refractivity (Wildman–Crippen MR) is 77.9 cm³/mol. The summed E-state index contributed by atoms with van der Waals surface area (Å²) in [6.07, 6.45) is 5.77. The Hall–Kier alpha value is -2.14. The van der Waals surface area contributed by atoms with Crippen LogP contribution >= 0.6 is 0 Å². The molecule has 1 amide bonds. The van der Waals surface area contributed by atoms with Crippen LogP contribution in [0.1, 0.15) is 17.8 Å². The van der Waals surface area contributed by atoms with Crippen molar-refractivity contribution in [3.05, 3.63) is 54.1 Å². The van der Waals surface area contributed by atoms with Crippen LogP contribution in [0.4, 0.5) is 0 Å². The zero-order chi connectivity index (χ0) is 14.2. The number of carbonyl (C=O) groups excluding carboxylic acids is 1. The number of nitrogens with zero attached hydrogens (tertiary/aromatic N) is 2. The number of aromatic nitrogens is 2. The lowest BCUT2D eigenvalue weighted by atomic mass is 10.1. The van der Waals surface area contributed by atoms with Crippen LogP contribution in [0.5, 0.6) is 0 Å². The maximum Gasteiger partial charge on any atom is 0.234 e. The maximum absolute atomic E-state index is 11.1. The molecule has 3 N–H and O–H groups in total. The summed E-state index contributed by atoms with van der Waals surface area (Å²) < 4.78 is 2.07. The average molecular weight is 272 g/mol. The molecule has 0 saturated carbocycles. The number of amides is 1. The van der Waals surface area contributed by atoms with E-state index in [1.807, 2.05) is 12.3 Å². The molecule has 2 aromatic rings. The lowest BCUT2D eigenvalue weighted by Gasteiger charge is -2.08. The van der Waals surface area contributed by atoms with E-state index in [-0.39, 0.29) is 12.5 Å². The molecular weight excluding hydrogens is 252 g/mol. The van der Waals surface area contributed by atoms with Crippen LogP contribution in [0.15, 0.2) is 42.7 Å². The molecule has 0 radical (unpaired) electrons. The maximum atomic E-state index is 11.1. The molecule has 5 heteroatoms. The monoisotopic (exact) mass is 272 g/mol. The number of hydrogen-bond donors (Lipinski definition) is 2. The zero-order valence-electron chi connectivity index (χ0n) is 11.5. The second-order valence-corrected chi connectivity index (χ2v) is 4.61. The van der Waals surface area contributed by atoms with Crippen molar-refractivity contribution in [2.75, 3.05) is 6.54 Å². The fraction of sp³-hybridized carbons (Fsp3) is 0.333. The number of nitrogens with one attached hydrogen (secondary N) is 1. The van der Waals surface area contributed by atoms with Gasteiger partial charge in [0.25, 0.3) is 0 Å². The van der Waals surface area contributed by atoms with Crippen molar-refractivity contribution >= 4 is 5.91 Å². The lowest BCUT2D eigenvalue weighted by Crippen LogP contribution is -2.30. The van der Waals surface area contributed by atoms with Crippen molar-refractivity contribution in [3.63, 3.8) is 0 Å². The van der Waals surface area contributed by atoms with E-state index < -0.39 is 0 Å². The molecule has 1 aromatic carbocycles. The Morgan fingerprint density at radius 3 is 2.85 bits per heavy atom. The second-order valence-electron chi connectivity index (χ2n) is 4.61. The molecule has 0 bridgehead atoms. The van der Waals surface area contributed by atoms with Crippen LogP contribution in [-0.2, 0) is 24.3 Å². The summed E-state index contributed by atoms with van der Waals surface area (Å²) >= 11 is 0. The first kappa shape index (κ1) is 14.3. The van der Waals surface area contributed by atoms with Gasteiger partial charge in [-0.1, -0.05) is 30.3 Å². The molecule has 0 spiro atoms. The van der Waals surface area contributed by atoms with Gasteiger partial charge in [0.15, 0.2) is 0 Å². The normalized spacial score (nSPS) is 10.4. The quantitative estimate of drug-likeness (QED) is 0.792. The SMILES string of the molecule is NCC(=O)NCc1nccn1CCCc1ccccc1. The van der Waals surface area contributed by atoms with Gasteiger partial charge >= 0.3 is 0 Å². The van der Waals surface area contributed by atoms with E-state index in [9.17, 15) is 4.79 Å². The first-order valence-corrected chi connectivity index (χ1v) is 6.80. The van der Waals surface area contributed by atoms with E-state index in [1.165, 1.54) is 5.56 Å². The van der Waals surface area contributed by atoms with Gasteiger partial charge in [-0.25, -0.2) is 4.98 Å². The van der Waals surface area contributed by atoms with Gasteiger partial charge < -0.3 is 15.6 Å². The molecule has 1 heterocycles. The van der Waals surface area contributed by atoms with Crippen molar-refractivity contribution in [2.24, 2.45) is 5.73 Å². The van der Waals surface area contributed by atoms with E-state index in [0.29, 0.717) is 6.54 Å². The Kier molecular flexibility index (Phi) is 5.32. The summed E-state index contributed by atoms with van der Waals surface area (Å²) in [5.74, 6) is 0.698. The van der Waals surface area contributed by atoms with Crippen molar-refractivity contribution < 1.29 is 4.79 Å². The van der Waals surface area contributed by atoms with Crippen LogP contribution in [0.3, 0.4) is 0 Å². The van der Waals surface area contributed by atoms with Crippen molar-refractivity contribution in [1.29, 1.82) is 0 Å². The predicted octanol–water partition coefficient (Wildman–Crippen LogP) is 1.09. The average Bonchev–Trinajstić information content (AvgIpc) is 2.93. The number of hydrogen-bond acceptors (Lipinski definition) is 3. The van der Waals surface area contributed by atoms with Crippen LogP contribution in [-0.4, -0.2) is 22.0 Å². The van der Waals surface area contributed by atoms with Crippen molar-refractivity contribution in [2.45, 2.75) is 25.9 Å². The Morgan fingerprint density at radius 1 is 1.30 bits per heavy atom. The third-order valence-electron chi connectivity index (χ3n) is 3.14. The summed E-state index contributed by atoms with van der Waals surface area (Å²) in [6, 6.07) is 10.4. The van der Waals surface area contributed by atoms with Gasteiger partial charge in [0.1, 0.15) is 5.82 Å². The molecule has 0 fully saturated rings. The zero-order valence-corrected chi connectivity index (χ0v) is 11.5. The third kappa shape index (κ3) is 4.20. The van der Waals surface area contributed by atoms with Gasteiger partial charge in [-0.3, -0.25) is 4.79 Å². The van der Waals surface area contributed by atoms with Gasteiger partial charge in [-0.05, 0) is 18.4 Å². The molecule has 0 atom stereocenters. The number of rotatable bonds is 7. The lowest BCUT2D eigenvalue weighted by molar-refractivity contribution is -0.119. The van der Waals surface area contributed by atoms with Crippen LogP contribution in [0.25, 0.3) is 0 Å². The Labute approximate surface area is 118 Å². The van der Waals surface area contributed by atoms with Crippen LogP contribution in [0.2, 0.25) is 0 Å². The number of aryl methyl sites for hydroxylation is 2. The molecule has 106 valence electrons. The highest BCUT2D eigenvalue weighted by Crippen LogP contribution is 2.05. The summed E-state index contributed by atoms with van der Waals surface area (Å²) in [6.45, 7) is 1.33. The molecule has 0 aliphatic heterocycles. The van der Waals surface area contributed by atoms with Crippen LogP contribution in [0, 0.1) is 0 Å².